The first-order valence-electron chi connectivity index (χ1n) is 15.4. The summed E-state index contributed by atoms with van der Waals surface area (Å²) in [6.07, 6.45) is -4.84. The van der Waals surface area contributed by atoms with Crippen molar-refractivity contribution < 1.29 is 31.2 Å². The van der Waals surface area contributed by atoms with Gasteiger partial charge < -0.3 is 10.2 Å². The largest absolute Gasteiger partial charge is 0.417 e. The monoisotopic (exact) mass is 733 g/mol. The number of hydrogen-bond acceptors (Lipinski definition) is 4. The molecule has 0 radical (unpaired) electrons. The van der Waals surface area contributed by atoms with Crippen LogP contribution in [0.2, 0.25) is 10.0 Å². The first-order chi connectivity index (χ1) is 23.1. The summed E-state index contributed by atoms with van der Waals surface area (Å²) in [6.45, 7) is 4.80. The number of alkyl halides is 3. The summed E-state index contributed by atoms with van der Waals surface area (Å²) in [5, 5.41) is 2.62. The highest BCUT2D eigenvalue weighted by Crippen LogP contribution is 2.38. The Balaban J connectivity index is 1.86. The van der Waals surface area contributed by atoms with Crippen LogP contribution < -0.4 is 9.62 Å². The number of nitrogens with one attached hydrogen (secondary N) is 1. The highest BCUT2D eigenvalue weighted by molar-refractivity contribution is 7.92. The zero-order valence-electron chi connectivity index (χ0n) is 27.0. The molecular formula is C36H36Cl2F3N3O4S. The Kier molecular flexibility index (Phi) is 12.4. The number of carbonyl (C=O) groups is 2. The Labute approximate surface area is 294 Å². The van der Waals surface area contributed by atoms with Crippen LogP contribution >= 0.6 is 23.2 Å². The van der Waals surface area contributed by atoms with E-state index in [2.05, 4.69) is 5.32 Å². The van der Waals surface area contributed by atoms with E-state index in [-0.39, 0.29) is 23.8 Å². The van der Waals surface area contributed by atoms with Gasteiger partial charge in [-0.2, -0.15) is 13.2 Å². The third-order valence-corrected chi connectivity index (χ3v) is 9.98. The van der Waals surface area contributed by atoms with E-state index in [0.717, 1.165) is 23.3 Å². The second-order valence-corrected chi connectivity index (χ2v) is 14.7. The molecule has 2 amide bonds. The average Bonchev–Trinajstić information content (AvgIpc) is 3.04. The molecule has 7 nitrogen and oxygen atoms in total. The minimum Gasteiger partial charge on any atom is -0.354 e. The van der Waals surface area contributed by atoms with Crippen LogP contribution in [0.4, 0.5) is 18.9 Å². The third kappa shape index (κ3) is 9.99. The van der Waals surface area contributed by atoms with E-state index in [1.165, 1.54) is 29.2 Å². The number of amides is 2. The van der Waals surface area contributed by atoms with E-state index in [0.29, 0.717) is 27.5 Å². The number of carbonyl (C=O) groups excluding carboxylic acids is 2. The van der Waals surface area contributed by atoms with Crippen molar-refractivity contribution in [2.45, 2.75) is 50.9 Å². The Bertz CT molecular complexity index is 1870. The standard InChI is InChI=1S/C36H36Cl2F3N3O4S/c1-24(2)21-42-35(46)33(19-26-8-5-4-6-9-26)43(22-27-10-7-11-28(37)18-27)34(45)23-44(49(47,48)30-15-12-25(3)13-16-30)29-14-17-32(38)31(20-29)36(39,40)41/h4-18,20,24,33H,19,21-23H2,1-3H3,(H,42,46)/t33-/m1/s1. The molecule has 1 N–H and O–H groups in total. The summed E-state index contributed by atoms with van der Waals surface area (Å²) in [4.78, 5) is 29.4. The van der Waals surface area contributed by atoms with Crippen molar-refractivity contribution in [1.82, 2.24) is 10.2 Å². The van der Waals surface area contributed by atoms with Gasteiger partial charge in [0.15, 0.2) is 0 Å². The minimum atomic E-state index is -4.91. The van der Waals surface area contributed by atoms with Gasteiger partial charge in [0.05, 0.1) is 21.2 Å². The maximum atomic E-state index is 14.5. The van der Waals surface area contributed by atoms with Crippen molar-refractivity contribution >= 4 is 50.7 Å². The predicted molar refractivity (Wildman–Crippen MR) is 186 cm³/mol. The molecular weight excluding hydrogens is 698 g/mol. The number of benzene rings is 4. The molecule has 4 aromatic rings. The van der Waals surface area contributed by atoms with Crippen molar-refractivity contribution in [2.75, 3.05) is 17.4 Å². The molecule has 4 rings (SSSR count). The number of aryl methyl sites for hydroxylation is 1. The van der Waals surface area contributed by atoms with Gasteiger partial charge in [-0.15, -0.1) is 0 Å². The van der Waals surface area contributed by atoms with Crippen LogP contribution in [0.1, 0.15) is 36.1 Å². The van der Waals surface area contributed by atoms with Crippen molar-refractivity contribution in [1.29, 1.82) is 0 Å². The summed E-state index contributed by atoms with van der Waals surface area (Å²) in [6, 6.07) is 22.8. The summed E-state index contributed by atoms with van der Waals surface area (Å²) >= 11 is 12.1. The van der Waals surface area contributed by atoms with Crippen LogP contribution in [-0.2, 0) is 38.8 Å². The summed E-state index contributed by atoms with van der Waals surface area (Å²) in [7, 11) is -4.63. The summed E-state index contributed by atoms with van der Waals surface area (Å²) in [5.41, 5.74) is 0.324. The van der Waals surface area contributed by atoms with E-state index < -0.39 is 56.9 Å². The maximum Gasteiger partial charge on any atom is 0.417 e. The molecule has 0 fully saturated rings. The lowest BCUT2D eigenvalue weighted by atomic mass is 10.0. The second kappa shape index (κ2) is 16.1. The van der Waals surface area contributed by atoms with Gasteiger partial charge in [0.25, 0.3) is 10.0 Å². The Morgan fingerprint density at radius 3 is 2.12 bits per heavy atom. The van der Waals surface area contributed by atoms with Crippen molar-refractivity contribution in [3.8, 4) is 0 Å². The predicted octanol–water partition coefficient (Wildman–Crippen LogP) is 7.93. The number of hydrogen-bond donors (Lipinski definition) is 1. The fraction of sp³-hybridized carbons (Fsp3) is 0.278. The van der Waals surface area contributed by atoms with Crippen LogP contribution in [0, 0.1) is 12.8 Å². The number of halogens is 5. The van der Waals surface area contributed by atoms with Gasteiger partial charge in [0.1, 0.15) is 12.6 Å². The first-order valence-corrected chi connectivity index (χ1v) is 17.6. The van der Waals surface area contributed by atoms with Gasteiger partial charge in [0, 0.05) is 24.5 Å². The molecule has 0 saturated heterocycles. The zero-order chi connectivity index (χ0) is 35.9. The van der Waals surface area contributed by atoms with Gasteiger partial charge >= 0.3 is 6.18 Å². The van der Waals surface area contributed by atoms with Crippen molar-refractivity contribution in [3.63, 3.8) is 0 Å². The summed E-state index contributed by atoms with van der Waals surface area (Å²) in [5.74, 6) is -1.23. The fourth-order valence-corrected chi connectivity index (χ4v) is 6.90. The average molecular weight is 735 g/mol. The lowest BCUT2D eigenvalue weighted by molar-refractivity contribution is -0.140. The molecule has 1 atom stereocenters. The lowest BCUT2D eigenvalue weighted by Crippen LogP contribution is -2.53. The van der Waals surface area contributed by atoms with E-state index in [1.54, 1.807) is 61.5 Å². The minimum absolute atomic E-state index is 0.0704. The molecule has 0 saturated carbocycles. The van der Waals surface area contributed by atoms with Crippen LogP contribution in [0.5, 0.6) is 0 Å². The summed E-state index contributed by atoms with van der Waals surface area (Å²) < 4.78 is 70.9. The molecule has 49 heavy (non-hydrogen) atoms. The van der Waals surface area contributed by atoms with Crippen LogP contribution in [0.25, 0.3) is 0 Å². The SMILES string of the molecule is Cc1ccc(S(=O)(=O)N(CC(=O)N(Cc2cccc(Cl)c2)[C@H](Cc2ccccc2)C(=O)NCC(C)C)c2ccc(Cl)c(C(F)(F)F)c2)cc1. The molecule has 4 aromatic carbocycles. The Morgan fingerprint density at radius 2 is 1.51 bits per heavy atom. The quantitative estimate of drug-likeness (QED) is 0.151. The van der Waals surface area contributed by atoms with Crippen molar-refractivity contribution in [2.24, 2.45) is 5.92 Å². The molecule has 0 unspecified atom stereocenters. The number of sulfonamides is 1. The highest BCUT2D eigenvalue weighted by Gasteiger charge is 2.37. The Hall–Kier alpha value is -4.06. The number of anilines is 1. The van der Waals surface area contributed by atoms with Gasteiger partial charge in [-0.25, -0.2) is 8.42 Å². The van der Waals surface area contributed by atoms with Crippen molar-refractivity contribution in [3.05, 3.63) is 129 Å². The first kappa shape index (κ1) is 37.8. The lowest BCUT2D eigenvalue weighted by Gasteiger charge is -2.34. The zero-order valence-corrected chi connectivity index (χ0v) is 29.4. The molecule has 0 aliphatic rings. The van der Waals surface area contributed by atoms with Gasteiger partial charge in [-0.3, -0.25) is 13.9 Å². The van der Waals surface area contributed by atoms with E-state index >= 15 is 0 Å². The van der Waals surface area contributed by atoms with Gasteiger partial charge in [-0.1, -0.05) is 97.2 Å². The van der Waals surface area contributed by atoms with Gasteiger partial charge in [-0.05, 0) is 66.4 Å². The van der Waals surface area contributed by atoms with E-state index in [4.69, 9.17) is 23.2 Å². The molecule has 0 aliphatic carbocycles. The highest BCUT2D eigenvalue weighted by atomic mass is 35.5. The number of rotatable bonds is 13. The number of nitrogens with zero attached hydrogens (tertiary/aromatic N) is 2. The smallest absolute Gasteiger partial charge is 0.354 e. The topological polar surface area (TPSA) is 86.8 Å². The molecule has 260 valence electrons. The third-order valence-electron chi connectivity index (χ3n) is 7.63. The van der Waals surface area contributed by atoms with Crippen LogP contribution in [0.3, 0.4) is 0 Å². The maximum absolute atomic E-state index is 14.5. The van der Waals surface area contributed by atoms with E-state index in [1.807, 2.05) is 13.8 Å². The van der Waals surface area contributed by atoms with Crippen LogP contribution in [0.15, 0.2) is 102 Å². The Morgan fingerprint density at radius 1 is 0.857 bits per heavy atom. The molecule has 0 aliphatic heterocycles. The van der Waals surface area contributed by atoms with Gasteiger partial charge in [0.2, 0.25) is 11.8 Å². The second-order valence-electron chi connectivity index (χ2n) is 12.0. The molecule has 0 heterocycles. The normalized spacial score (nSPS) is 12.4. The van der Waals surface area contributed by atoms with E-state index in [9.17, 15) is 31.2 Å². The fourth-order valence-electron chi connectivity index (χ4n) is 5.06. The molecule has 0 aromatic heterocycles. The molecule has 0 bridgehead atoms. The molecule has 0 spiro atoms. The molecule has 13 heteroatoms. The van der Waals surface area contributed by atoms with Crippen LogP contribution in [-0.4, -0.2) is 44.3 Å².